The second-order valence-electron chi connectivity index (χ2n) is 4.24. The van der Waals surface area contributed by atoms with E-state index in [0.29, 0.717) is 5.92 Å². The van der Waals surface area contributed by atoms with Crippen molar-refractivity contribution >= 4 is 15.9 Å². The smallest absolute Gasteiger partial charge is 0.0297 e. The van der Waals surface area contributed by atoms with Gasteiger partial charge in [0.15, 0.2) is 0 Å². The van der Waals surface area contributed by atoms with Crippen molar-refractivity contribution in [2.45, 2.75) is 33.2 Å². The van der Waals surface area contributed by atoms with Crippen molar-refractivity contribution in [3.63, 3.8) is 0 Å². The summed E-state index contributed by atoms with van der Waals surface area (Å²) in [7, 11) is 0. The minimum atomic E-state index is 0.159. The highest BCUT2D eigenvalue weighted by molar-refractivity contribution is 9.10. The molecule has 2 heteroatoms. The van der Waals surface area contributed by atoms with Crippen LogP contribution in [-0.2, 0) is 0 Å². The number of hydrogen-bond donors (Lipinski definition) is 1. The van der Waals surface area contributed by atoms with Crippen LogP contribution in [0.15, 0.2) is 22.7 Å². The number of halogens is 1. The Labute approximate surface area is 94.8 Å². The average molecular weight is 256 g/mol. The quantitative estimate of drug-likeness (QED) is 0.874. The molecule has 78 valence electrons. The largest absolute Gasteiger partial charge is 0.324 e. The first kappa shape index (κ1) is 11.7. The number of hydrogen-bond acceptors (Lipinski definition) is 1. The number of rotatable bonds is 3. The Morgan fingerprint density at radius 2 is 2.00 bits per heavy atom. The molecule has 0 aliphatic rings. The van der Waals surface area contributed by atoms with Crippen molar-refractivity contribution in [2.24, 2.45) is 11.7 Å². The van der Waals surface area contributed by atoms with E-state index in [1.807, 2.05) is 0 Å². The van der Waals surface area contributed by atoms with Crippen LogP contribution in [-0.4, -0.2) is 0 Å². The van der Waals surface area contributed by atoms with E-state index in [-0.39, 0.29) is 6.04 Å². The van der Waals surface area contributed by atoms with Crippen molar-refractivity contribution in [2.75, 3.05) is 0 Å². The summed E-state index contributed by atoms with van der Waals surface area (Å²) in [5, 5.41) is 0. The van der Waals surface area contributed by atoms with Crippen LogP contribution in [0, 0.1) is 12.8 Å². The zero-order chi connectivity index (χ0) is 10.7. The third kappa shape index (κ3) is 3.10. The van der Waals surface area contributed by atoms with Gasteiger partial charge < -0.3 is 5.73 Å². The molecule has 1 aromatic carbocycles. The second-order valence-corrected chi connectivity index (χ2v) is 5.10. The van der Waals surface area contributed by atoms with Crippen molar-refractivity contribution in [3.05, 3.63) is 33.8 Å². The maximum absolute atomic E-state index is 6.09. The predicted molar refractivity (Wildman–Crippen MR) is 65.3 cm³/mol. The molecule has 0 amide bonds. The molecule has 0 saturated carbocycles. The van der Waals surface area contributed by atoms with E-state index >= 15 is 0 Å². The minimum Gasteiger partial charge on any atom is -0.324 e. The maximum Gasteiger partial charge on any atom is 0.0297 e. The van der Waals surface area contributed by atoms with Crippen molar-refractivity contribution in [1.29, 1.82) is 0 Å². The number of aryl methyl sites for hydroxylation is 1. The van der Waals surface area contributed by atoms with Gasteiger partial charge in [0.2, 0.25) is 0 Å². The zero-order valence-electron chi connectivity index (χ0n) is 9.05. The van der Waals surface area contributed by atoms with Crippen LogP contribution >= 0.6 is 15.9 Å². The molecule has 1 unspecified atom stereocenters. The lowest BCUT2D eigenvalue weighted by atomic mass is 9.97. The van der Waals surface area contributed by atoms with Gasteiger partial charge >= 0.3 is 0 Å². The molecule has 0 fully saturated rings. The van der Waals surface area contributed by atoms with Crippen LogP contribution < -0.4 is 5.73 Å². The van der Waals surface area contributed by atoms with Gasteiger partial charge in [-0.15, -0.1) is 0 Å². The van der Waals surface area contributed by atoms with Crippen LogP contribution in [0.3, 0.4) is 0 Å². The normalized spacial score (nSPS) is 13.3. The first-order valence-corrected chi connectivity index (χ1v) is 5.81. The summed E-state index contributed by atoms with van der Waals surface area (Å²) in [5.41, 5.74) is 8.57. The highest BCUT2D eigenvalue weighted by atomic mass is 79.9. The monoisotopic (exact) mass is 255 g/mol. The van der Waals surface area contributed by atoms with Crippen molar-refractivity contribution in [1.82, 2.24) is 0 Å². The van der Waals surface area contributed by atoms with E-state index < -0.39 is 0 Å². The van der Waals surface area contributed by atoms with Gasteiger partial charge in [0, 0.05) is 10.5 Å². The Morgan fingerprint density at radius 3 is 2.50 bits per heavy atom. The van der Waals surface area contributed by atoms with Crippen molar-refractivity contribution < 1.29 is 0 Å². The minimum absolute atomic E-state index is 0.159. The van der Waals surface area contributed by atoms with Gasteiger partial charge in [-0.1, -0.05) is 41.9 Å². The van der Waals surface area contributed by atoms with Gasteiger partial charge in [-0.2, -0.15) is 0 Å². The van der Waals surface area contributed by atoms with Crippen LogP contribution in [0.2, 0.25) is 0 Å². The maximum atomic E-state index is 6.09. The molecule has 0 aromatic heterocycles. The SMILES string of the molecule is Cc1ccc(C(N)CC(C)C)cc1Br. The highest BCUT2D eigenvalue weighted by Crippen LogP contribution is 2.24. The predicted octanol–water partition coefficient (Wildman–Crippen LogP) is 3.80. The molecule has 0 heterocycles. The summed E-state index contributed by atoms with van der Waals surface area (Å²) in [4.78, 5) is 0. The summed E-state index contributed by atoms with van der Waals surface area (Å²) in [5.74, 6) is 0.644. The van der Waals surface area contributed by atoms with Gasteiger partial charge in [-0.3, -0.25) is 0 Å². The van der Waals surface area contributed by atoms with E-state index in [9.17, 15) is 0 Å². The van der Waals surface area contributed by atoms with Crippen LogP contribution in [0.1, 0.15) is 37.4 Å². The van der Waals surface area contributed by atoms with Gasteiger partial charge in [-0.05, 0) is 36.5 Å². The first-order valence-electron chi connectivity index (χ1n) is 5.02. The topological polar surface area (TPSA) is 26.0 Å². The first-order chi connectivity index (χ1) is 6.50. The fraction of sp³-hybridized carbons (Fsp3) is 0.500. The molecular weight excluding hydrogens is 238 g/mol. The highest BCUT2D eigenvalue weighted by Gasteiger charge is 2.08. The van der Waals surface area contributed by atoms with E-state index in [0.717, 1.165) is 10.9 Å². The molecule has 0 saturated heterocycles. The standard InChI is InChI=1S/C12H18BrN/c1-8(2)6-12(14)10-5-4-9(3)11(13)7-10/h4-5,7-8,12H,6,14H2,1-3H3. The Balaban J connectivity index is 2.80. The number of benzene rings is 1. The van der Waals surface area contributed by atoms with Gasteiger partial charge in [0.1, 0.15) is 0 Å². The third-order valence-electron chi connectivity index (χ3n) is 2.35. The molecule has 0 spiro atoms. The average Bonchev–Trinajstić information content (AvgIpc) is 2.08. The van der Waals surface area contributed by atoms with E-state index in [1.165, 1.54) is 11.1 Å². The van der Waals surface area contributed by atoms with Gasteiger partial charge in [0.25, 0.3) is 0 Å². The molecule has 0 bridgehead atoms. The zero-order valence-corrected chi connectivity index (χ0v) is 10.6. The third-order valence-corrected chi connectivity index (χ3v) is 3.20. The van der Waals surface area contributed by atoms with Gasteiger partial charge in [-0.25, -0.2) is 0 Å². The molecule has 0 aliphatic heterocycles. The lowest BCUT2D eigenvalue weighted by Gasteiger charge is -2.15. The molecule has 0 radical (unpaired) electrons. The van der Waals surface area contributed by atoms with E-state index in [4.69, 9.17) is 5.73 Å². The van der Waals surface area contributed by atoms with Crippen molar-refractivity contribution in [3.8, 4) is 0 Å². The van der Waals surface area contributed by atoms with E-state index in [1.54, 1.807) is 0 Å². The van der Waals surface area contributed by atoms with E-state index in [2.05, 4.69) is 54.9 Å². The lowest BCUT2D eigenvalue weighted by Crippen LogP contribution is -2.12. The van der Waals surface area contributed by atoms with Gasteiger partial charge in [0.05, 0.1) is 0 Å². The van der Waals surface area contributed by atoms with Crippen LogP contribution in [0.5, 0.6) is 0 Å². The Hall–Kier alpha value is -0.340. The Morgan fingerprint density at radius 1 is 1.36 bits per heavy atom. The molecular formula is C12H18BrN. The molecule has 0 aliphatic carbocycles. The molecule has 1 nitrogen and oxygen atoms in total. The lowest BCUT2D eigenvalue weighted by molar-refractivity contribution is 0.510. The number of nitrogens with two attached hydrogens (primary N) is 1. The molecule has 1 atom stereocenters. The molecule has 1 rings (SSSR count). The van der Waals surface area contributed by atoms with Crippen LogP contribution in [0.25, 0.3) is 0 Å². The van der Waals surface area contributed by atoms with Crippen LogP contribution in [0.4, 0.5) is 0 Å². The summed E-state index contributed by atoms with van der Waals surface area (Å²) < 4.78 is 1.15. The second kappa shape index (κ2) is 4.94. The molecule has 1 aromatic rings. The Kier molecular flexibility index (Phi) is 4.14. The molecule has 14 heavy (non-hydrogen) atoms. The summed E-state index contributed by atoms with van der Waals surface area (Å²) in [6.07, 6.45) is 1.04. The summed E-state index contributed by atoms with van der Waals surface area (Å²) in [6.45, 7) is 6.48. The molecule has 2 N–H and O–H groups in total. The summed E-state index contributed by atoms with van der Waals surface area (Å²) >= 11 is 3.53. The fourth-order valence-electron chi connectivity index (χ4n) is 1.48. The summed E-state index contributed by atoms with van der Waals surface area (Å²) in [6, 6.07) is 6.52. The fourth-order valence-corrected chi connectivity index (χ4v) is 1.88. The Bertz CT molecular complexity index is 307.